The van der Waals surface area contributed by atoms with Gasteiger partial charge in [-0.25, -0.2) is 15.0 Å². The Morgan fingerprint density at radius 2 is 1.90 bits per heavy atom. The molecule has 1 aromatic carbocycles. The van der Waals surface area contributed by atoms with Gasteiger partial charge in [0, 0.05) is 24.2 Å². The third-order valence-electron chi connectivity index (χ3n) is 4.28. The standard InChI is InChI=1S/C19H13F3N6O/c20-19(21,22)14-5-7-25-17(28-14)15(16(23)29)18-26-12-4-3-10(8-13(12)27-18)11-2-1-6-24-9-11/h1-9,15H,(H2,23,29)(H,26,27). The Morgan fingerprint density at radius 1 is 1.07 bits per heavy atom. The van der Waals surface area contributed by atoms with Crippen LogP contribution in [0.15, 0.2) is 55.0 Å². The molecule has 29 heavy (non-hydrogen) atoms. The van der Waals surface area contributed by atoms with Crippen molar-refractivity contribution in [3.05, 3.63) is 72.3 Å². The van der Waals surface area contributed by atoms with Gasteiger partial charge in [0.1, 0.15) is 17.3 Å². The van der Waals surface area contributed by atoms with Gasteiger partial charge < -0.3 is 10.7 Å². The van der Waals surface area contributed by atoms with E-state index in [1.54, 1.807) is 30.6 Å². The van der Waals surface area contributed by atoms with Gasteiger partial charge in [-0.15, -0.1) is 0 Å². The summed E-state index contributed by atoms with van der Waals surface area (Å²) in [5.41, 5.74) is 7.10. The Labute approximate surface area is 161 Å². The van der Waals surface area contributed by atoms with Crippen LogP contribution in [0.4, 0.5) is 13.2 Å². The lowest BCUT2D eigenvalue weighted by molar-refractivity contribution is -0.141. The maximum atomic E-state index is 13.0. The number of rotatable bonds is 4. The van der Waals surface area contributed by atoms with E-state index in [0.717, 1.165) is 23.4 Å². The Bertz CT molecular complexity index is 1190. The molecular formula is C19H13F3N6O. The lowest BCUT2D eigenvalue weighted by Gasteiger charge is -2.11. The van der Waals surface area contributed by atoms with Crippen molar-refractivity contribution in [2.75, 3.05) is 0 Å². The van der Waals surface area contributed by atoms with E-state index in [0.29, 0.717) is 11.0 Å². The average Bonchev–Trinajstić information content (AvgIpc) is 3.10. The number of halogens is 3. The summed E-state index contributed by atoms with van der Waals surface area (Å²) < 4.78 is 38.9. The topological polar surface area (TPSA) is 110 Å². The van der Waals surface area contributed by atoms with Gasteiger partial charge in [-0.2, -0.15) is 13.2 Å². The van der Waals surface area contributed by atoms with E-state index in [4.69, 9.17) is 5.73 Å². The highest BCUT2D eigenvalue weighted by atomic mass is 19.4. The number of pyridine rings is 1. The molecule has 146 valence electrons. The quantitative estimate of drug-likeness (QED) is 0.549. The SMILES string of the molecule is NC(=O)C(c1nccc(C(F)(F)F)n1)c1nc2ccc(-c3cccnc3)cc2[nH]1. The second-order valence-corrected chi connectivity index (χ2v) is 6.23. The van der Waals surface area contributed by atoms with Crippen molar-refractivity contribution in [3.63, 3.8) is 0 Å². The summed E-state index contributed by atoms with van der Waals surface area (Å²) in [4.78, 5) is 30.6. The Kier molecular flexibility index (Phi) is 4.45. The third-order valence-corrected chi connectivity index (χ3v) is 4.28. The minimum atomic E-state index is -4.67. The lowest BCUT2D eigenvalue weighted by Crippen LogP contribution is -2.26. The van der Waals surface area contributed by atoms with Crippen LogP contribution in [0.5, 0.6) is 0 Å². The first-order valence-electron chi connectivity index (χ1n) is 8.42. The lowest BCUT2D eigenvalue weighted by atomic mass is 10.1. The predicted octanol–water partition coefficient (Wildman–Crippen LogP) is 3.05. The van der Waals surface area contributed by atoms with Crippen molar-refractivity contribution >= 4 is 16.9 Å². The van der Waals surface area contributed by atoms with Crippen molar-refractivity contribution in [2.45, 2.75) is 12.1 Å². The zero-order chi connectivity index (χ0) is 20.6. The summed E-state index contributed by atoms with van der Waals surface area (Å²) in [5.74, 6) is -2.59. The number of nitrogens with two attached hydrogens (primary N) is 1. The van der Waals surface area contributed by atoms with Gasteiger partial charge in [-0.1, -0.05) is 12.1 Å². The van der Waals surface area contributed by atoms with E-state index in [9.17, 15) is 18.0 Å². The number of benzene rings is 1. The van der Waals surface area contributed by atoms with Gasteiger partial charge in [0.15, 0.2) is 5.92 Å². The number of amides is 1. The second-order valence-electron chi connectivity index (χ2n) is 6.23. The van der Waals surface area contributed by atoms with E-state index < -0.39 is 23.7 Å². The van der Waals surface area contributed by atoms with E-state index in [1.807, 2.05) is 12.1 Å². The van der Waals surface area contributed by atoms with Crippen LogP contribution in [0.1, 0.15) is 23.3 Å². The summed E-state index contributed by atoms with van der Waals surface area (Å²) in [6.45, 7) is 0. The number of hydrogen-bond donors (Lipinski definition) is 2. The zero-order valence-electron chi connectivity index (χ0n) is 14.7. The number of carbonyl (C=O) groups is 1. The molecule has 4 rings (SSSR count). The van der Waals surface area contributed by atoms with Crippen molar-refractivity contribution in [2.24, 2.45) is 5.73 Å². The monoisotopic (exact) mass is 398 g/mol. The molecular weight excluding hydrogens is 385 g/mol. The van der Waals surface area contributed by atoms with Crippen molar-refractivity contribution in [1.82, 2.24) is 24.9 Å². The summed E-state index contributed by atoms with van der Waals surface area (Å²) >= 11 is 0. The van der Waals surface area contributed by atoms with E-state index >= 15 is 0 Å². The molecule has 0 bridgehead atoms. The summed E-state index contributed by atoms with van der Waals surface area (Å²) in [7, 11) is 0. The number of aromatic amines is 1. The number of nitrogens with one attached hydrogen (secondary N) is 1. The molecule has 7 nitrogen and oxygen atoms in total. The Hall–Kier alpha value is -3.82. The van der Waals surface area contributed by atoms with Gasteiger partial charge in [0.05, 0.1) is 11.0 Å². The van der Waals surface area contributed by atoms with Crippen LogP contribution >= 0.6 is 0 Å². The number of hydrogen-bond acceptors (Lipinski definition) is 5. The summed E-state index contributed by atoms with van der Waals surface area (Å²) in [6.07, 6.45) is -0.388. The van der Waals surface area contributed by atoms with Crippen LogP contribution in [0, 0.1) is 0 Å². The molecule has 1 unspecified atom stereocenters. The molecule has 0 saturated heterocycles. The van der Waals surface area contributed by atoms with Crippen LogP contribution in [-0.4, -0.2) is 30.8 Å². The molecule has 0 aliphatic rings. The Balaban J connectivity index is 1.78. The molecule has 3 heterocycles. The van der Waals surface area contributed by atoms with Crippen LogP contribution in [-0.2, 0) is 11.0 Å². The van der Waals surface area contributed by atoms with Crippen LogP contribution in [0.2, 0.25) is 0 Å². The number of alkyl halides is 3. The molecule has 0 spiro atoms. The van der Waals surface area contributed by atoms with Gasteiger partial charge in [0.2, 0.25) is 5.91 Å². The van der Waals surface area contributed by atoms with Crippen molar-refractivity contribution in [1.29, 1.82) is 0 Å². The molecule has 0 saturated carbocycles. The summed E-state index contributed by atoms with van der Waals surface area (Å²) in [5, 5.41) is 0. The zero-order valence-corrected chi connectivity index (χ0v) is 14.7. The minimum Gasteiger partial charge on any atom is -0.369 e. The van der Waals surface area contributed by atoms with Gasteiger partial charge >= 0.3 is 6.18 Å². The normalized spacial score (nSPS) is 12.8. The maximum Gasteiger partial charge on any atom is 0.433 e. The highest BCUT2D eigenvalue weighted by Crippen LogP contribution is 2.30. The molecule has 3 aromatic heterocycles. The molecule has 0 aliphatic heterocycles. The first-order chi connectivity index (χ1) is 13.8. The number of carbonyl (C=O) groups excluding carboxylic acids is 1. The number of fused-ring (bicyclic) bond motifs is 1. The number of H-pyrrole nitrogens is 1. The van der Waals surface area contributed by atoms with E-state index in [2.05, 4.69) is 24.9 Å². The highest BCUT2D eigenvalue weighted by Gasteiger charge is 2.35. The molecule has 1 atom stereocenters. The van der Waals surface area contributed by atoms with Crippen LogP contribution in [0.3, 0.4) is 0 Å². The molecule has 3 N–H and O–H groups in total. The number of primary amides is 1. The first-order valence-corrected chi connectivity index (χ1v) is 8.42. The fraction of sp³-hybridized carbons (Fsp3) is 0.105. The first kappa shape index (κ1) is 18.5. The average molecular weight is 398 g/mol. The molecule has 0 radical (unpaired) electrons. The van der Waals surface area contributed by atoms with Crippen LogP contribution < -0.4 is 5.73 Å². The fourth-order valence-corrected chi connectivity index (χ4v) is 2.93. The largest absolute Gasteiger partial charge is 0.433 e. The molecule has 4 aromatic rings. The molecule has 0 fully saturated rings. The second kappa shape index (κ2) is 6.97. The molecule has 1 amide bonds. The van der Waals surface area contributed by atoms with Crippen molar-refractivity contribution < 1.29 is 18.0 Å². The van der Waals surface area contributed by atoms with E-state index in [-0.39, 0.29) is 11.6 Å². The van der Waals surface area contributed by atoms with Crippen molar-refractivity contribution in [3.8, 4) is 11.1 Å². The summed E-state index contributed by atoms with van der Waals surface area (Å²) in [6, 6.07) is 9.75. The number of nitrogens with zero attached hydrogens (tertiary/aromatic N) is 4. The highest BCUT2D eigenvalue weighted by molar-refractivity contribution is 5.86. The predicted molar refractivity (Wildman–Crippen MR) is 97.4 cm³/mol. The maximum absolute atomic E-state index is 13.0. The Morgan fingerprint density at radius 3 is 2.59 bits per heavy atom. The van der Waals surface area contributed by atoms with Crippen LogP contribution in [0.25, 0.3) is 22.2 Å². The third kappa shape index (κ3) is 3.64. The molecule has 0 aliphatic carbocycles. The van der Waals surface area contributed by atoms with Gasteiger partial charge in [-0.3, -0.25) is 9.78 Å². The smallest absolute Gasteiger partial charge is 0.369 e. The van der Waals surface area contributed by atoms with Gasteiger partial charge in [0.25, 0.3) is 0 Å². The van der Waals surface area contributed by atoms with Gasteiger partial charge in [-0.05, 0) is 29.8 Å². The molecule has 10 heteroatoms. The fourth-order valence-electron chi connectivity index (χ4n) is 2.93. The number of imidazole rings is 1. The van der Waals surface area contributed by atoms with E-state index in [1.165, 1.54) is 0 Å². The minimum absolute atomic E-state index is 0.0650. The number of aromatic nitrogens is 5.